The van der Waals surface area contributed by atoms with Crippen LogP contribution in [0.4, 0.5) is 0 Å². The molecule has 2 heterocycles. The summed E-state index contributed by atoms with van der Waals surface area (Å²) in [6, 6.07) is 18.7. The Morgan fingerprint density at radius 1 is 1.15 bits per heavy atom. The lowest BCUT2D eigenvalue weighted by molar-refractivity contribution is -0.138. The Bertz CT molecular complexity index is 1080. The number of hydrogen-bond donors (Lipinski definition) is 1. The summed E-state index contributed by atoms with van der Waals surface area (Å²) in [5, 5.41) is 2.89. The highest BCUT2D eigenvalue weighted by Gasteiger charge is 2.32. The van der Waals surface area contributed by atoms with Gasteiger partial charge in [0, 0.05) is 32.9 Å². The average Bonchev–Trinajstić information content (AvgIpc) is 2.83. The summed E-state index contributed by atoms with van der Waals surface area (Å²) in [4.78, 5) is 37.2. The number of nitrogens with one attached hydrogen (secondary N) is 1. The van der Waals surface area contributed by atoms with Gasteiger partial charge < -0.3 is 15.0 Å². The van der Waals surface area contributed by atoms with Crippen LogP contribution in [0.15, 0.2) is 73.2 Å². The number of rotatable bonds is 8. The lowest BCUT2D eigenvalue weighted by Crippen LogP contribution is -2.56. The quantitative estimate of drug-likeness (QED) is 0.574. The van der Waals surface area contributed by atoms with Crippen molar-refractivity contribution in [1.82, 2.24) is 25.1 Å². The van der Waals surface area contributed by atoms with Crippen molar-refractivity contribution in [2.24, 2.45) is 0 Å². The van der Waals surface area contributed by atoms with Crippen LogP contribution >= 0.6 is 0 Å². The van der Waals surface area contributed by atoms with Gasteiger partial charge in [-0.25, -0.2) is 9.97 Å². The maximum absolute atomic E-state index is 12.9. The zero-order chi connectivity index (χ0) is 23.0. The highest BCUT2D eigenvalue weighted by molar-refractivity contribution is 5.88. The summed E-state index contributed by atoms with van der Waals surface area (Å²) in [7, 11) is 1.72. The Balaban J connectivity index is 1.41. The van der Waals surface area contributed by atoms with E-state index in [9.17, 15) is 9.59 Å². The van der Waals surface area contributed by atoms with Crippen LogP contribution in [0.3, 0.4) is 0 Å². The molecule has 0 radical (unpaired) electrons. The maximum Gasteiger partial charge on any atom is 0.237 e. The molecule has 8 nitrogen and oxygen atoms in total. The largest absolute Gasteiger partial charge is 0.457 e. The van der Waals surface area contributed by atoms with E-state index < -0.39 is 6.04 Å². The molecule has 170 valence electrons. The monoisotopic (exact) mass is 445 g/mol. The van der Waals surface area contributed by atoms with Crippen LogP contribution in [-0.4, -0.2) is 57.8 Å². The Labute approximate surface area is 193 Å². The van der Waals surface area contributed by atoms with Crippen molar-refractivity contribution in [3.05, 3.63) is 84.4 Å². The molecule has 1 saturated heterocycles. The van der Waals surface area contributed by atoms with Gasteiger partial charge in [-0.05, 0) is 35.9 Å². The van der Waals surface area contributed by atoms with Gasteiger partial charge in [-0.2, -0.15) is 0 Å². The molecule has 1 aliphatic rings. The average molecular weight is 446 g/mol. The maximum atomic E-state index is 12.9. The number of benzene rings is 2. The van der Waals surface area contributed by atoms with Gasteiger partial charge in [-0.15, -0.1) is 0 Å². The van der Waals surface area contributed by atoms with Crippen molar-refractivity contribution < 1.29 is 14.3 Å². The highest BCUT2D eigenvalue weighted by atomic mass is 16.5. The van der Waals surface area contributed by atoms with Crippen LogP contribution < -0.4 is 10.1 Å². The van der Waals surface area contributed by atoms with Gasteiger partial charge in [-0.3, -0.25) is 14.5 Å². The third kappa shape index (κ3) is 6.14. The van der Waals surface area contributed by atoms with E-state index in [1.165, 1.54) is 6.33 Å². The summed E-state index contributed by atoms with van der Waals surface area (Å²) < 4.78 is 5.94. The van der Waals surface area contributed by atoms with E-state index in [4.69, 9.17) is 4.74 Å². The summed E-state index contributed by atoms with van der Waals surface area (Å²) >= 11 is 0. The van der Waals surface area contributed by atoms with Crippen molar-refractivity contribution in [1.29, 1.82) is 0 Å². The molecule has 0 aliphatic carbocycles. The van der Waals surface area contributed by atoms with E-state index in [2.05, 4.69) is 20.2 Å². The first-order valence-electron chi connectivity index (χ1n) is 10.9. The van der Waals surface area contributed by atoms with Crippen LogP contribution in [0.2, 0.25) is 0 Å². The van der Waals surface area contributed by atoms with E-state index in [0.29, 0.717) is 26.2 Å². The molecular formula is C25H27N5O3. The van der Waals surface area contributed by atoms with Crippen molar-refractivity contribution >= 4 is 11.8 Å². The predicted octanol–water partition coefficient (Wildman–Crippen LogP) is 2.62. The Morgan fingerprint density at radius 3 is 2.76 bits per heavy atom. The molecule has 0 saturated carbocycles. The lowest BCUT2D eigenvalue weighted by Gasteiger charge is -2.35. The van der Waals surface area contributed by atoms with Gasteiger partial charge in [0.05, 0.1) is 24.7 Å². The number of carbonyl (C=O) groups is 2. The number of para-hydroxylation sites is 1. The summed E-state index contributed by atoms with van der Waals surface area (Å²) in [6.45, 7) is 2.14. The summed E-state index contributed by atoms with van der Waals surface area (Å²) in [5.74, 6) is 1.27. The molecule has 3 aromatic rings. The third-order valence-electron chi connectivity index (χ3n) is 5.54. The molecule has 1 atom stereocenters. The van der Waals surface area contributed by atoms with E-state index in [-0.39, 0.29) is 18.2 Å². The number of ether oxygens (including phenoxy) is 1. The number of carbonyl (C=O) groups excluding carboxylic acids is 2. The molecule has 8 heteroatoms. The Morgan fingerprint density at radius 2 is 1.97 bits per heavy atom. The number of hydrogen-bond acceptors (Lipinski definition) is 6. The molecular weight excluding hydrogens is 418 g/mol. The molecule has 4 rings (SSSR count). The Kier molecular flexibility index (Phi) is 7.26. The first kappa shape index (κ1) is 22.4. The van der Waals surface area contributed by atoms with Gasteiger partial charge in [0.25, 0.3) is 0 Å². The number of nitrogens with zero attached hydrogens (tertiary/aromatic N) is 4. The summed E-state index contributed by atoms with van der Waals surface area (Å²) in [6.07, 6.45) is 3.21. The van der Waals surface area contributed by atoms with Gasteiger partial charge >= 0.3 is 0 Å². The number of aromatic nitrogens is 2. The first-order valence-corrected chi connectivity index (χ1v) is 10.9. The van der Waals surface area contributed by atoms with Gasteiger partial charge in [-0.1, -0.05) is 30.3 Å². The Hall–Kier alpha value is -3.78. The van der Waals surface area contributed by atoms with Crippen LogP contribution in [0, 0.1) is 0 Å². The molecule has 1 N–H and O–H groups in total. The van der Waals surface area contributed by atoms with Crippen LogP contribution in [0.5, 0.6) is 11.5 Å². The SMILES string of the molecule is CN(Cc1ccncn1)C(=O)C[C@@H]1C(=O)NCCN1Cc1cccc(Oc2ccccc2)c1. The number of amides is 2. The molecule has 1 aliphatic heterocycles. The highest BCUT2D eigenvalue weighted by Crippen LogP contribution is 2.23. The topological polar surface area (TPSA) is 87.7 Å². The summed E-state index contributed by atoms with van der Waals surface area (Å²) in [5.41, 5.74) is 1.77. The van der Waals surface area contributed by atoms with Crippen molar-refractivity contribution in [2.45, 2.75) is 25.6 Å². The minimum absolute atomic E-state index is 0.105. The predicted molar refractivity (Wildman–Crippen MR) is 123 cm³/mol. The second-order valence-corrected chi connectivity index (χ2v) is 7.99. The van der Waals surface area contributed by atoms with E-state index in [1.807, 2.05) is 54.6 Å². The molecule has 33 heavy (non-hydrogen) atoms. The van der Waals surface area contributed by atoms with Gasteiger partial charge in [0.2, 0.25) is 11.8 Å². The van der Waals surface area contributed by atoms with Crippen LogP contribution in [0.25, 0.3) is 0 Å². The fourth-order valence-electron chi connectivity index (χ4n) is 3.80. The fraction of sp³-hybridized carbons (Fsp3) is 0.280. The molecule has 2 aromatic carbocycles. The van der Waals surface area contributed by atoms with Crippen molar-refractivity contribution in [2.75, 3.05) is 20.1 Å². The van der Waals surface area contributed by atoms with Gasteiger partial charge in [0.15, 0.2) is 0 Å². The first-order chi connectivity index (χ1) is 16.1. The zero-order valence-corrected chi connectivity index (χ0v) is 18.6. The minimum atomic E-state index is -0.530. The molecule has 1 fully saturated rings. The lowest BCUT2D eigenvalue weighted by atomic mass is 10.1. The molecule has 0 unspecified atom stereocenters. The normalized spacial score (nSPS) is 16.2. The second kappa shape index (κ2) is 10.7. The second-order valence-electron chi connectivity index (χ2n) is 7.99. The minimum Gasteiger partial charge on any atom is -0.457 e. The fourth-order valence-corrected chi connectivity index (χ4v) is 3.80. The molecule has 0 spiro atoms. The standard InChI is InChI=1S/C25H27N5O3/c1-29(17-20-10-11-26-18-28-20)24(31)15-23-25(32)27-12-13-30(23)16-19-6-5-9-22(14-19)33-21-7-3-2-4-8-21/h2-11,14,18,23H,12-13,15-17H2,1H3,(H,27,32)/t23-/m1/s1. The van der Waals surface area contributed by atoms with Crippen molar-refractivity contribution in [3.8, 4) is 11.5 Å². The van der Waals surface area contributed by atoms with E-state index in [1.54, 1.807) is 24.2 Å². The zero-order valence-electron chi connectivity index (χ0n) is 18.6. The van der Waals surface area contributed by atoms with Gasteiger partial charge in [0.1, 0.15) is 17.8 Å². The van der Waals surface area contributed by atoms with E-state index >= 15 is 0 Å². The van der Waals surface area contributed by atoms with Crippen LogP contribution in [0.1, 0.15) is 17.7 Å². The molecule has 1 aromatic heterocycles. The van der Waals surface area contributed by atoms with Crippen molar-refractivity contribution in [3.63, 3.8) is 0 Å². The van der Waals surface area contributed by atoms with E-state index in [0.717, 1.165) is 22.8 Å². The molecule has 2 amide bonds. The number of piperazine rings is 1. The third-order valence-corrected chi connectivity index (χ3v) is 5.54. The smallest absolute Gasteiger partial charge is 0.237 e. The van der Waals surface area contributed by atoms with Crippen LogP contribution in [-0.2, 0) is 22.7 Å². The molecule has 0 bridgehead atoms.